The third-order valence-corrected chi connectivity index (χ3v) is 6.94. The Morgan fingerprint density at radius 2 is 2.08 bits per heavy atom. The van der Waals surface area contributed by atoms with Crippen LogP contribution < -0.4 is 34.9 Å². The molecule has 6 atom stereocenters. The number of nitrogens with one attached hydrogen (secondary N) is 1. The van der Waals surface area contributed by atoms with E-state index in [9.17, 15) is 4.21 Å². The first-order valence-electron chi connectivity index (χ1n) is 9.70. The first-order chi connectivity index (χ1) is 12.2. The van der Waals surface area contributed by atoms with Gasteiger partial charge in [-0.2, -0.15) is 0 Å². The van der Waals surface area contributed by atoms with Crippen LogP contribution in [0.5, 0.6) is 0 Å². The van der Waals surface area contributed by atoms with Crippen molar-refractivity contribution >= 4 is 16.0 Å². The second-order valence-electron chi connectivity index (χ2n) is 7.44. The molecular formula is C18H32N3NaO3S. The molecule has 6 unspecified atom stereocenters. The Bertz CT molecular complexity index is 494. The quantitative estimate of drug-likeness (QED) is 0.455. The smallest absolute Gasteiger partial charge is 0.455 e. The number of hydrogen-bond acceptors (Lipinski definition) is 5. The van der Waals surface area contributed by atoms with E-state index >= 15 is 0 Å². The van der Waals surface area contributed by atoms with Crippen LogP contribution in [0.4, 0.5) is 0 Å². The minimum absolute atomic E-state index is 0. The zero-order chi connectivity index (χ0) is 17.6. The van der Waals surface area contributed by atoms with Gasteiger partial charge in [-0.25, -0.2) is 0 Å². The zero-order valence-electron chi connectivity index (χ0n) is 16.5. The van der Waals surface area contributed by atoms with Crippen molar-refractivity contribution in [2.75, 3.05) is 32.6 Å². The number of hydrogen-bond donors (Lipinski definition) is 1. The zero-order valence-corrected chi connectivity index (χ0v) is 19.3. The van der Waals surface area contributed by atoms with Gasteiger partial charge in [-0.05, 0) is 37.4 Å². The summed E-state index contributed by atoms with van der Waals surface area (Å²) in [6.07, 6.45) is 6.81. The molecule has 1 saturated carbocycles. The van der Waals surface area contributed by atoms with Gasteiger partial charge in [0.25, 0.3) is 0 Å². The minimum Gasteiger partial charge on any atom is -0.455 e. The Morgan fingerprint density at radius 3 is 2.85 bits per heavy atom. The van der Waals surface area contributed by atoms with Crippen LogP contribution in [0, 0.1) is 5.92 Å². The molecule has 6 nitrogen and oxygen atoms in total. The number of aliphatic imine (C=N–C) groups is 1. The van der Waals surface area contributed by atoms with Crippen molar-refractivity contribution in [1.29, 1.82) is 0 Å². The van der Waals surface area contributed by atoms with Crippen molar-refractivity contribution in [3.05, 3.63) is 5.32 Å². The molecule has 0 bridgehead atoms. The van der Waals surface area contributed by atoms with Gasteiger partial charge in [0.1, 0.15) is 0 Å². The summed E-state index contributed by atoms with van der Waals surface area (Å²) in [6.45, 7) is 4.57. The summed E-state index contributed by atoms with van der Waals surface area (Å²) in [7, 11) is 0.605. The van der Waals surface area contributed by atoms with Crippen molar-refractivity contribution in [2.45, 2.75) is 69.7 Å². The van der Waals surface area contributed by atoms with Gasteiger partial charge in [-0.3, -0.25) is 4.21 Å². The number of rotatable bonds is 7. The van der Waals surface area contributed by atoms with Gasteiger partial charge in [0.05, 0.1) is 6.10 Å². The third kappa shape index (κ3) is 6.00. The SMILES string of the molecule is COCCCOC1CCNC(CS(=O)C2=NC3CCCCC3[N-]2)C1C.[Na+]. The van der Waals surface area contributed by atoms with E-state index in [-0.39, 0.29) is 41.7 Å². The van der Waals surface area contributed by atoms with Gasteiger partial charge >= 0.3 is 29.6 Å². The molecule has 0 aromatic rings. The largest absolute Gasteiger partial charge is 1.00 e. The molecule has 1 saturated heterocycles. The van der Waals surface area contributed by atoms with Crippen LogP contribution in [0.15, 0.2) is 4.99 Å². The van der Waals surface area contributed by atoms with Gasteiger partial charge < -0.3 is 25.1 Å². The molecule has 2 aliphatic heterocycles. The molecule has 0 aromatic carbocycles. The molecule has 0 radical (unpaired) electrons. The molecule has 0 aromatic heterocycles. The van der Waals surface area contributed by atoms with E-state index in [4.69, 9.17) is 9.47 Å². The maximum absolute atomic E-state index is 12.8. The number of fused-ring (bicyclic) bond motifs is 1. The third-order valence-electron chi connectivity index (χ3n) is 5.66. The summed E-state index contributed by atoms with van der Waals surface area (Å²) < 4.78 is 23.9. The number of nitrogens with zero attached hydrogens (tertiary/aromatic N) is 2. The van der Waals surface area contributed by atoms with E-state index in [0.29, 0.717) is 28.9 Å². The van der Waals surface area contributed by atoms with E-state index in [2.05, 4.69) is 22.5 Å². The van der Waals surface area contributed by atoms with E-state index in [0.717, 1.165) is 45.4 Å². The van der Waals surface area contributed by atoms with Crippen LogP contribution in [0.1, 0.15) is 45.4 Å². The monoisotopic (exact) mass is 393 g/mol. The van der Waals surface area contributed by atoms with Gasteiger partial charge in [0, 0.05) is 48.1 Å². The Morgan fingerprint density at radius 1 is 1.27 bits per heavy atom. The Kier molecular flexibility index (Phi) is 10.1. The van der Waals surface area contributed by atoms with Crippen LogP contribution in [-0.4, -0.2) is 66.2 Å². The van der Waals surface area contributed by atoms with E-state index in [1.165, 1.54) is 12.8 Å². The maximum Gasteiger partial charge on any atom is 1.00 e. The fourth-order valence-electron chi connectivity index (χ4n) is 4.07. The van der Waals surface area contributed by atoms with Crippen LogP contribution in [0.25, 0.3) is 5.32 Å². The first-order valence-corrected chi connectivity index (χ1v) is 11.0. The number of piperidine rings is 1. The summed E-state index contributed by atoms with van der Waals surface area (Å²) in [6, 6.07) is 0.783. The van der Waals surface area contributed by atoms with Crippen molar-refractivity contribution < 1.29 is 43.2 Å². The molecule has 0 amide bonds. The first kappa shape index (κ1) is 22.8. The number of methoxy groups -OCH3 is 1. The average molecular weight is 394 g/mol. The molecule has 2 fully saturated rings. The second-order valence-corrected chi connectivity index (χ2v) is 8.83. The van der Waals surface area contributed by atoms with Gasteiger partial charge in [-0.15, -0.1) is 0 Å². The summed E-state index contributed by atoms with van der Waals surface area (Å²) >= 11 is 0. The van der Waals surface area contributed by atoms with Crippen molar-refractivity contribution in [3.63, 3.8) is 0 Å². The van der Waals surface area contributed by atoms with E-state index < -0.39 is 10.8 Å². The van der Waals surface area contributed by atoms with Gasteiger partial charge in [-0.1, -0.05) is 32.6 Å². The molecule has 3 aliphatic rings. The molecule has 8 heteroatoms. The fourth-order valence-corrected chi connectivity index (χ4v) is 5.47. The topological polar surface area (TPSA) is 74.0 Å². The molecular weight excluding hydrogens is 361 g/mol. The summed E-state index contributed by atoms with van der Waals surface area (Å²) in [5.41, 5.74) is 0. The molecule has 144 valence electrons. The van der Waals surface area contributed by atoms with Crippen molar-refractivity contribution in [2.24, 2.45) is 10.9 Å². The molecule has 3 rings (SSSR count). The standard InChI is InChI=1S/C18H32N3O3S.Na/c1-13-16(19-9-8-17(13)24-11-5-10-23-2)12-25(22)18-20-14-6-3-4-7-15(14)21-18;/h13-17,19H,3-12H2,1-2H3;/q-1;+1. The number of amidine groups is 1. The normalized spacial score (nSPS) is 35.0. The van der Waals surface area contributed by atoms with Gasteiger partial charge in [0.15, 0.2) is 0 Å². The van der Waals surface area contributed by atoms with Crippen LogP contribution in [-0.2, 0) is 20.3 Å². The fraction of sp³-hybridized carbons (Fsp3) is 0.944. The molecule has 26 heavy (non-hydrogen) atoms. The molecule has 0 spiro atoms. The van der Waals surface area contributed by atoms with Crippen molar-refractivity contribution in [1.82, 2.24) is 5.32 Å². The summed E-state index contributed by atoms with van der Waals surface area (Å²) in [5.74, 6) is 0.922. The summed E-state index contributed by atoms with van der Waals surface area (Å²) in [5, 5.41) is 8.80. The second kappa shape index (κ2) is 11.5. The predicted molar refractivity (Wildman–Crippen MR) is 102 cm³/mol. The summed E-state index contributed by atoms with van der Waals surface area (Å²) in [4.78, 5) is 4.67. The molecule has 1 aliphatic carbocycles. The molecule has 2 heterocycles. The predicted octanol–water partition coefficient (Wildman–Crippen LogP) is -0.787. The van der Waals surface area contributed by atoms with E-state index in [1.54, 1.807) is 7.11 Å². The maximum atomic E-state index is 12.8. The number of ether oxygens (including phenoxy) is 2. The van der Waals surface area contributed by atoms with Gasteiger partial charge in [0.2, 0.25) is 0 Å². The van der Waals surface area contributed by atoms with E-state index in [1.807, 2.05) is 0 Å². The molecule has 1 N–H and O–H groups in total. The minimum atomic E-state index is -1.11. The average Bonchev–Trinajstić information content (AvgIpc) is 3.06. The van der Waals surface area contributed by atoms with Crippen LogP contribution >= 0.6 is 0 Å². The van der Waals surface area contributed by atoms with Crippen molar-refractivity contribution in [3.8, 4) is 0 Å². The van der Waals surface area contributed by atoms with Crippen LogP contribution in [0.2, 0.25) is 0 Å². The Balaban J connectivity index is 0.00000243. The van der Waals surface area contributed by atoms with Crippen LogP contribution in [0.3, 0.4) is 0 Å². The Hall–Kier alpha value is 0.500. The Labute approximate surface area is 182 Å².